The fourth-order valence-electron chi connectivity index (χ4n) is 1.39. The Morgan fingerprint density at radius 2 is 2.50 bits per heavy atom. The summed E-state index contributed by atoms with van der Waals surface area (Å²) in [4.78, 5) is 0. The van der Waals surface area contributed by atoms with Gasteiger partial charge in [0.2, 0.25) is 0 Å². The average Bonchev–Trinajstić information content (AvgIpc) is 2.49. The number of hydrogen-bond acceptors (Lipinski definition) is 2. The predicted octanol–water partition coefficient (Wildman–Crippen LogP) is 1.77. The lowest BCUT2D eigenvalue weighted by Crippen LogP contribution is -2.30. The van der Waals surface area contributed by atoms with Gasteiger partial charge in [-0.1, -0.05) is 0 Å². The molecule has 1 fully saturated rings. The fourth-order valence-corrected chi connectivity index (χ4v) is 1.54. The van der Waals surface area contributed by atoms with Crippen LogP contribution in [0.25, 0.3) is 0 Å². The summed E-state index contributed by atoms with van der Waals surface area (Å²) >= 11 is 5.82. The zero-order chi connectivity index (χ0) is 8.81. The van der Waals surface area contributed by atoms with Gasteiger partial charge in [-0.25, -0.2) is 0 Å². The summed E-state index contributed by atoms with van der Waals surface area (Å²) in [5.74, 6) is 0. The molecule has 12 heavy (non-hydrogen) atoms. The minimum atomic E-state index is 0.312. The van der Waals surface area contributed by atoms with Crippen LogP contribution < -0.4 is 5.32 Å². The van der Waals surface area contributed by atoms with Gasteiger partial charge in [-0.2, -0.15) is 0 Å². The molecule has 3 heteroatoms. The second-order valence-electron chi connectivity index (χ2n) is 3.44. The molecule has 0 aromatic heterocycles. The smallest absolute Gasteiger partial charge is 0.0620 e. The molecule has 0 radical (unpaired) electrons. The van der Waals surface area contributed by atoms with Gasteiger partial charge in [0.15, 0.2) is 0 Å². The first kappa shape index (κ1) is 10.3. The summed E-state index contributed by atoms with van der Waals surface area (Å²) in [5, 5.41) is 3.76. The molecule has 0 aromatic carbocycles. The van der Waals surface area contributed by atoms with Crippen molar-refractivity contribution in [1.29, 1.82) is 0 Å². The van der Waals surface area contributed by atoms with E-state index in [4.69, 9.17) is 16.3 Å². The van der Waals surface area contributed by atoms with Crippen molar-refractivity contribution >= 4 is 11.6 Å². The Morgan fingerprint density at radius 3 is 3.08 bits per heavy atom. The van der Waals surface area contributed by atoms with Gasteiger partial charge >= 0.3 is 0 Å². The Balaban J connectivity index is 1.88. The highest BCUT2D eigenvalue weighted by Crippen LogP contribution is 2.05. The SMILES string of the molecule is CC(Cl)CCCNC1CCOC1. The van der Waals surface area contributed by atoms with Crippen LogP contribution in [0.3, 0.4) is 0 Å². The standard InChI is InChI=1S/C9H18ClNO/c1-8(10)3-2-5-11-9-4-6-12-7-9/h8-9,11H,2-7H2,1H3. The highest BCUT2D eigenvalue weighted by atomic mass is 35.5. The van der Waals surface area contributed by atoms with E-state index in [0.717, 1.165) is 32.6 Å². The van der Waals surface area contributed by atoms with E-state index in [1.54, 1.807) is 0 Å². The molecule has 0 bridgehead atoms. The Morgan fingerprint density at radius 1 is 1.67 bits per heavy atom. The van der Waals surface area contributed by atoms with Crippen molar-refractivity contribution in [2.75, 3.05) is 19.8 Å². The lowest BCUT2D eigenvalue weighted by atomic mass is 10.2. The predicted molar refractivity (Wildman–Crippen MR) is 51.8 cm³/mol. The molecule has 0 aliphatic carbocycles. The Labute approximate surface area is 79.6 Å². The van der Waals surface area contributed by atoms with E-state index in [1.807, 2.05) is 6.92 Å². The maximum Gasteiger partial charge on any atom is 0.0620 e. The van der Waals surface area contributed by atoms with Gasteiger partial charge in [-0.3, -0.25) is 0 Å². The van der Waals surface area contributed by atoms with Crippen molar-refractivity contribution in [3.63, 3.8) is 0 Å². The molecule has 0 saturated carbocycles. The van der Waals surface area contributed by atoms with E-state index in [9.17, 15) is 0 Å². The summed E-state index contributed by atoms with van der Waals surface area (Å²) in [7, 11) is 0. The van der Waals surface area contributed by atoms with Crippen LogP contribution in [-0.4, -0.2) is 31.2 Å². The van der Waals surface area contributed by atoms with E-state index in [2.05, 4.69) is 5.32 Å². The monoisotopic (exact) mass is 191 g/mol. The Bertz CT molecular complexity index is 113. The molecule has 2 unspecified atom stereocenters. The Hall–Kier alpha value is 0.210. The molecule has 72 valence electrons. The molecule has 0 aromatic rings. The molecule has 0 spiro atoms. The third kappa shape index (κ3) is 4.29. The summed E-state index contributed by atoms with van der Waals surface area (Å²) < 4.78 is 5.25. The first-order valence-corrected chi connectivity index (χ1v) is 5.18. The zero-order valence-corrected chi connectivity index (χ0v) is 8.44. The van der Waals surface area contributed by atoms with Crippen LogP contribution in [0.15, 0.2) is 0 Å². The molecule has 1 aliphatic heterocycles. The third-order valence-electron chi connectivity index (χ3n) is 2.14. The number of nitrogens with one attached hydrogen (secondary N) is 1. The molecule has 1 N–H and O–H groups in total. The third-order valence-corrected chi connectivity index (χ3v) is 2.36. The van der Waals surface area contributed by atoms with E-state index < -0.39 is 0 Å². The van der Waals surface area contributed by atoms with Gasteiger partial charge in [-0.15, -0.1) is 11.6 Å². The van der Waals surface area contributed by atoms with E-state index >= 15 is 0 Å². The van der Waals surface area contributed by atoms with Crippen LogP contribution >= 0.6 is 11.6 Å². The van der Waals surface area contributed by atoms with Gasteiger partial charge in [0.05, 0.1) is 6.61 Å². The second-order valence-corrected chi connectivity index (χ2v) is 4.18. The first-order valence-electron chi connectivity index (χ1n) is 4.74. The van der Waals surface area contributed by atoms with Crippen LogP contribution in [0.4, 0.5) is 0 Å². The molecule has 1 heterocycles. The fraction of sp³-hybridized carbons (Fsp3) is 1.00. The van der Waals surface area contributed by atoms with Crippen LogP contribution in [0.1, 0.15) is 26.2 Å². The molecule has 1 aliphatic rings. The van der Waals surface area contributed by atoms with Crippen molar-refractivity contribution in [3.8, 4) is 0 Å². The van der Waals surface area contributed by atoms with Crippen LogP contribution in [0.2, 0.25) is 0 Å². The summed E-state index contributed by atoms with van der Waals surface area (Å²) in [6.07, 6.45) is 3.43. The number of hydrogen-bond donors (Lipinski definition) is 1. The van der Waals surface area contributed by atoms with Crippen molar-refractivity contribution < 1.29 is 4.74 Å². The molecule has 1 rings (SSSR count). The van der Waals surface area contributed by atoms with Crippen LogP contribution in [-0.2, 0) is 4.74 Å². The summed E-state index contributed by atoms with van der Waals surface area (Å²) in [5.41, 5.74) is 0. The first-order chi connectivity index (χ1) is 5.79. The number of halogens is 1. The molecular formula is C9H18ClNO. The molecular weight excluding hydrogens is 174 g/mol. The quantitative estimate of drug-likeness (QED) is 0.529. The van der Waals surface area contributed by atoms with Gasteiger partial charge in [0.1, 0.15) is 0 Å². The largest absolute Gasteiger partial charge is 0.380 e. The highest BCUT2D eigenvalue weighted by molar-refractivity contribution is 6.20. The molecule has 0 amide bonds. The second kappa shape index (κ2) is 5.79. The number of rotatable bonds is 5. The normalized spacial score (nSPS) is 26.0. The topological polar surface area (TPSA) is 21.3 Å². The van der Waals surface area contributed by atoms with Crippen molar-refractivity contribution in [1.82, 2.24) is 5.32 Å². The van der Waals surface area contributed by atoms with Gasteiger partial charge in [-0.05, 0) is 32.7 Å². The van der Waals surface area contributed by atoms with Crippen molar-refractivity contribution in [2.24, 2.45) is 0 Å². The van der Waals surface area contributed by atoms with E-state index in [-0.39, 0.29) is 0 Å². The van der Waals surface area contributed by atoms with Crippen molar-refractivity contribution in [2.45, 2.75) is 37.6 Å². The lowest BCUT2D eigenvalue weighted by Gasteiger charge is -2.10. The zero-order valence-electron chi connectivity index (χ0n) is 7.68. The van der Waals surface area contributed by atoms with Crippen molar-refractivity contribution in [3.05, 3.63) is 0 Å². The Kier molecular flexibility index (Phi) is 4.96. The molecule has 2 nitrogen and oxygen atoms in total. The highest BCUT2D eigenvalue weighted by Gasteiger charge is 2.13. The van der Waals surface area contributed by atoms with Gasteiger partial charge < -0.3 is 10.1 Å². The minimum Gasteiger partial charge on any atom is -0.380 e. The summed E-state index contributed by atoms with van der Waals surface area (Å²) in [6.45, 7) is 4.92. The minimum absolute atomic E-state index is 0.312. The maximum absolute atomic E-state index is 5.82. The van der Waals surface area contributed by atoms with E-state index in [0.29, 0.717) is 11.4 Å². The maximum atomic E-state index is 5.82. The lowest BCUT2D eigenvalue weighted by molar-refractivity contribution is 0.190. The van der Waals surface area contributed by atoms with Gasteiger partial charge in [0, 0.05) is 18.0 Å². The molecule has 1 saturated heterocycles. The van der Waals surface area contributed by atoms with Gasteiger partial charge in [0.25, 0.3) is 0 Å². The van der Waals surface area contributed by atoms with E-state index in [1.165, 1.54) is 6.42 Å². The average molecular weight is 192 g/mol. The number of ether oxygens (including phenoxy) is 1. The van der Waals surface area contributed by atoms with Crippen LogP contribution in [0, 0.1) is 0 Å². The summed E-state index contributed by atoms with van der Waals surface area (Å²) in [6, 6.07) is 0.593. The number of alkyl halides is 1. The van der Waals surface area contributed by atoms with Crippen LogP contribution in [0.5, 0.6) is 0 Å². The molecule has 2 atom stereocenters.